The van der Waals surface area contributed by atoms with Crippen molar-refractivity contribution in [1.82, 2.24) is 29.7 Å². The fraction of sp³-hybridized carbons (Fsp3) is 0.462. The Labute approximate surface area is 307 Å². The Balaban J connectivity index is 0.000000159. The zero-order valence-electron chi connectivity index (χ0n) is 30.1. The van der Waals surface area contributed by atoms with Crippen molar-refractivity contribution in [1.29, 1.82) is 0 Å². The molecule has 10 nitrogen and oxygen atoms in total. The molecule has 6 aromatic rings. The summed E-state index contributed by atoms with van der Waals surface area (Å²) in [6, 6.07) is 14.2. The van der Waals surface area contributed by atoms with E-state index in [1.807, 2.05) is 24.3 Å². The van der Waals surface area contributed by atoms with E-state index in [4.69, 9.17) is 0 Å². The van der Waals surface area contributed by atoms with Gasteiger partial charge in [0.25, 0.3) is 0 Å². The average molecular weight is 725 g/mol. The Morgan fingerprint density at radius 2 is 1.16 bits per heavy atom. The van der Waals surface area contributed by atoms with Crippen LogP contribution in [0.5, 0.6) is 0 Å². The van der Waals surface area contributed by atoms with Crippen molar-refractivity contribution >= 4 is 80.7 Å². The number of nitrogens with one attached hydrogen (secondary N) is 2. The number of carbonyl (C=O) groups is 1. The minimum absolute atomic E-state index is 0.0332. The smallest absolute Gasteiger partial charge is 0.160 e. The first kappa shape index (κ1) is 35.6. The Kier molecular flexibility index (Phi) is 10.8. The number of anilines is 2. The normalized spacial score (nSPS) is 21.0. The van der Waals surface area contributed by atoms with E-state index in [1.165, 1.54) is 25.7 Å². The first-order chi connectivity index (χ1) is 24.7. The summed E-state index contributed by atoms with van der Waals surface area (Å²) in [5.74, 6) is 1.85. The number of aliphatic hydroxyl groups excluding tert-OH is 1. The number of Topliss-reactive ketones (excluding diaryl/α,β-unsaturated/α-hetero) is 1. The highest BCUT2D eigenvalue weighted by atomic mass is 32.1. The van der Waals surface area contributed by atoms with Crippen molar-refractivity contribution in [2.45, 2.75) is 89.1 Å². The zero-order valence-corrected chi connectivity index (χ0v) is 31.8. The van der Waals surface area contributed by atoms with Crippen LogP contribution in [0.25, 0.3) is 40.6 Å². The van der Waals surface area contributed by atoms with Gasteiger partial charge in [-0.3, -0.25) is 4.79 Å². The van der Waals surface area contributed by atoms with Crippen LogP contribution in [0.4, 0.5) is 11.6 Å². The second-order valence-corrected chi connectivity index (χ2v) is 16.5. The quantitative estimate of drug-likeness (QED) is 0.134. The molecule has 0 saturated heterocycles. The van der Waals surface area contributed by atoms with Gasteiger partial charge in [0.15, 0.2) is 5.78 Å². The standard InChI is InChI=1S/C20H24N4OS.C19H24N4OS/c1-12(25)15-5-4-6-16-17(15)18-19(21-11-22-20(18)26-16)23-13-7-9-14(10-8-13)24(2)3;1-23(2)14-8-6-13(7-9-14)22-18-17-16-12(10-24)4-3-5-15(16)25-19(17)21-11-20-18/h4-6,11,13-14H,7-10H2,1-3H3,(H,21,22,23);3-5,11,13-14,24H,6-10H2,1-2H3,(H,20,21,22). The molecule has 0 spiro atoms. The van der Waals surface area contributed by atoms with Crippen LogP contribution >= 0.6 is 22.7 Å². The monoisotopic (exact) mass is 724 g/mol. The van der Waals surface area contributed by atoms with Gasteiger partial charge >= 0.3 is 0 Å². The number of aliphatic hydroxyl groups is 1. The number of rotatable bonds is 8. The molecule has 3 N–H and O–H groups in total. The van der Waals surface area contributed by atoms with Gasteiger partial charge in [0.05, 0.1) is 17.4 Å². The summed E-state index contributed by atoms with van der Waals surface area (Å²) >= 11 is 3.29. The minimum atomic E-state index is 0.0332. The van der Waals surface area contributed by atoms with Gasteiger partial charge in [0.2, 0.25) is 0 Å². The predicted molar refractivity (Wildman–Crippen MR) is 212 cm³/mol. The lowest BCUT2D eigenvalue weighted by Gasteiger charge is -2.33. The van der Waals surface area contributed by atoms with E-state index in [0.29, 0.717) is 24.2 Å². The van der Waals surface area contributed by atoms with Gasteiger partial charge in [-0.2, -0.15) is 0 Å². The van der Waals surface area contributed by atoms with Crippen LogP contribution in [0.2, 0.25) is 0 Å². The van der Waals surface area contributed by atoms with E-state index in [9.17, 15) is 9.90 Å². The van der Waals surface area contributed by atoms with Crippen molar-refractivity contribution in [3.8, 4) is 0 Å². The van der Waals surface area contributed by atoms with Crippen molar-refractivity contribution in [3.05, 3.63) is 60.2 Å². The summed E-state index contributed by atoms with van der Waals surface area (Å²) in [5, 5.41) is 21.2. The van der Waals surface area contributed by atoms with Crippen LogP contribution in [0.15, 0.2) is 49.1 Å². The molecule has 12 heteroatoms. The molecule has 0 atom stereocenters. The molecule has 4 aromatic heterocycles. The number of thiophene rings is 2. The lowest BCUT2D eigenvalue weighted by atomic mass is 9.90. The van der Waals surface area contributed by atoms with Crippen molar-refractivity contribution in [3.63, 3.8) is 0 Å². The topological polar surface area (TPSA) is 119 Å². The molecular weight excluding hydrogens is 677 g/mol. The van der Waals surface area contributed by atoms with Crippen LogP contribution in [0.1, 0.15) is 74.2 Å². The van der Waals surface area contributed by atoms with E-state index in [2.05, 4.69) is 80.7 Å². The fourth-order valence-electron chi connectivity index (χ4n) is 7.88. The van der Waals surface area contributed by atoms with Crippen molar-refractivity contribution < 1.29 is 9.90 Å². The number of nitrogens with zero attached hydrogens (tertiary/aromatic N) is 6. The number of hydrogen-bond acceptors (Lipinski definition) is 12. The molecule has 2 aliphatic rings. The maximum atomic E-state index is 12.1. The van der Waals surface area contributed by atoms with Crippen molar-refractivity contribution in [2.75, 3.05) is 38.8 Å². The molecule has 4 heterocycles. The highest BCUT2D eigenvalue weighted by Crippen LogP contribution is 2.40. The lowest BCUT2D eigenvalue weighted by molar-refractivity contribution is 0.101. The van der Waals surface area contributed by atoms with Gasteiger partial charge in [-0.05, 0) is 104 Å². The maximum Gasteiger partial charge on any atom is 0.160 e. The predicted octanol–water partition coefficient (Wildman–Crippen LogP) is 7.95. The van der Waals surface area contributed by atoms with E-state index < -0.39 is 0 Å². The Morgan fingerprint density at radius 3 is 1.63 bits per heavy atom. The molecule has 2 aliphatic carbocycles. The summed E-state index contributed by atoms with van der Waals surface area (Å²) in [6.45, 7) is 1.66. The van der Waals surface area contributed by atoms with E-state index in [-0.39, 0.29) is 12.4 Å². The SMILES string of the molecule is CC(=O)c1cccc2sc3ncnc(NC4CCC(N(C)C)CC4)c3c12.CN(C)C1CCC(Nc2ncnc3sc4cccc(CO)c4c23)CC1. The summed E-state index contributed by atoms with van der Waals surface area (Å²) in [4.78, 5) is 36.7. The van der Waals surface area contributed by atoms with Crippen LogP contribution < -0.4 is 10.6 Å². The lowest BCUT2D eigenvalue weighted by Crippen LogP contribution is -2.36. The van der Waals surface area contributed by atoms with Crippen LogP contribution in [0, 0.1) is 0 Å². The summed E-state index contributed by atoms with van der Waals surface area (Å²) in [6.07, 6.45) is 12.7. The Hall–Kier alpha value is -3.81. The second kappa shape index (κ2) is 15.4. The highest BCUT2D eigenvalue weighted by Gasteiger charge is 2.26. The molecule has 51 heavy (non-hydrogen) atoms. The summed E-state index contributed by atoms with van der Waals surface area (Å²) in [7, 11) is 8.65. The van der Waals surface area contributed by atoms with Crippen molar-refractivity contribution in [2.24, 2.45) is 0 Å². The van der Waals surface area contributed by atoms with Gasteiger partial charge in [-0.15, -0.1) is 22.7 Å². The molecule has 0 unspecified atom stereocenters. The third-order valence-corrected chi connectivity index (χ3v) is 12.9. The first-order valence-corrected chi connectivity index (χ1v) is 19.6. The molecule has 0 radical (unpaired) electrons. The van der Waals surface area contributed by atoms with E-state index in [0.717, 1.165) is 89.1 Å². The Morgan fingerprint density at radius 1 is 0.686 bits per heavy atom. The molecule has 268 valence electrons. The molecule has 8 rings (SSSR count). The van der Waals surface area contributed by atoms with Gasteiger partial charge in [-0.25, -0.2) is 19.9 Å². The third-order valence-electron chi connectivity index (χ3n) is 10.8. The maximum absolute atomic E-state index is 12.1. The molecule has 2 saturated carbocycles. The first-order valence-electron chi connectivity index (χ1n) is 18.0. The van der Waals surface area contributed by atoms with Gasteiger partial charge in [0, 0.05) is 49.9 Å². The number of fused-ring (bicyclic) bond motifs is 6. The molecule has 2 aromatic carbocycles. The van der Waals surface area contributed by atoms with Gasteiger partial charge in [-0.1, -0.05) is 24.3 Å². The number of benzene rings is 2. The number of hydrogen-bond donors (Lipinski definition) is 3. The number of carbonyl (C=O) groups excluding carboxylic acids is 1. The molecule has 0 aliphatic heterocycles. The van der Waals surface area contributed by atoms with Crippen LogP contribution in [0.3, 0.4) is 0 Å². The van der Waals surface area contributed by atoms with Gasteiger partial charge < -0.3 is 25.5 Å². The molecule has 0 amide bonds. The second-order valence-electron chi connectivity index (χ2n) is 14.4. The zero-order chi connectivity index (χ0) is 35.6. The number of aromatic nitrogens is 4. The highest BCUT2D eigenvalue weighted by molar-refractivity contribution is 7.26. The fourth-order valence-corrected chi connectivity index (χ4v) is 10.0. The largest absolute Gasteiger partial charge is 0.392 e. The van der Waals surface area contributed by atoms with E-state index in [1.54, 1.807) is 42.3 Å². The molecular formula is C39H48N8O2S2. The minimum Gasteiger partial charge on any atom is -0.392 e. The summed E-state index contributed by atoms with van der Waals surface area (Å²) in [5.41, 5.74) is 1.70. The van der Waals surface area contributed by atoms with E-state index >= 15 is 0 Å². The molecule has 2 fully saturated rings. The van der Waals surface area contributed by atoms with Crippen LogP contribution in [-0.2, 0) is 6.61 Å². The van der Waals surface area contributed by atoms with Gasteiger partial charge in [0.1, 0.15) is 34.0 Å². The average Bonchev–Trinajstić information content (AvgIpc) is 3.72. The molecule has 0 bridgehead atoms. The number of ketones is 1. The third kappa shape index (κ3) is 7.43. The Bertz CT molecular complexity index is 2150. The summed E-state index contributed by atoms with van der Waals surface area (Å²) < 4.78 is 2.24. The van der Waals surface area contributed by atoms with Crippen LogP contribution in [-0.4, -0.2) is 93.0 Å².